The van der Waals surface area contributed by atoms with Crippen LogP contribution in [-0.2, 0) is 4.79 Å². The van der Waals surface area contributed by atoms with Crippen LogP contribution >= 0.6 is 15.9 Å². The van der Waals surface area contributed by atoms with Crippen molar-refractivity contribution in [3.05, 3.63) is 22.8 Å². The molecule has 27 heavy (non-hydrogen) atoms. The summed E-state index contributed by atoms with van der Waals surface area (Å²) in [5.41, 5.74) is 0. The number of carbonyl (C=O) groups is 1. The van der Waals surface area contributed by atoms with Crippen molar-refractivity contribution in [3.8, 4) is 24.3 Å². The molecule has 1 aliphatic carbocycles. The lowest BCUT2D eigenvalue weighted by Gasteiger charge is -2.30. The van der Waals surface area contributed by atoms with Gasteiger partial charge in [0, 0.05) is 22.8 Å². The predicted octanol–water partition coefficient (Wildman–Crippen LogP) is 2.64. The van der Waals surface area contributed by atoms with E-state index in [4.69, 9.17) is 11.2 Å². The molecular weight excluding hydrogens is 408 g/mol. The van der Waals surface area contributed by atoms with E-state index in [-0.39, 0.29) is 30.6 Å². The van der Waals surface area contributed by atoms with Gasteiger partial charge < -0.3 is 15.0 Å². The molecule has 0 aromatic carbocycles. The minimum atomic E-state index is -0.400. The summed E-state index contributed by atoms with van der Waals surface area (Å²) in [6.07, 6.45) is 12.5. The number of ether oxygens (including phenoxy) is 1. The van der Waals surface area contributed by atoms with Crippen LogP contribution in [0.1, 0.15) is 38.5 Å². The average Bonchev–Trinajstić information content (AvgIpc) is 3.12. The van der Waals surface area contributed by atoms with E-state index in [9.17, 15) is 10.1 Å². The number of hydrogen-bond donors (Lipinski definition) is 1. The lowest BCUT2D eigenvalue weighted by atomic mass is 9.93. The van der Waals surface area contributed by atoms with Crippen LogP contribution in [-0.4, -0.2) is 46.6 Å². The average molecular weight is 431 g/mol. The fourth-order valence-corrected chi connectivity index (χ4v) is 3.99. The van der Waals surface area contributed by atoms with Crippen molar-refractivity contribution in [2.24, 2.45) is 0 Å². The Morgan fingerprint density at radius 3 is 2.67 bits per heavy atom. The third-order valence-electron chi connectivity index (χ3n) is 5.22. The van der Waals surface area contributed by atoms with Crippen molar-refractivity contribution in [2.75, 3.05) is 6.54 Å². The summed E-state index contributed by atoms with van der Waals surface area (Å²) in [6.45, 7) is 0.223. The number of pyridine rings is 1. The minimum absolute atomic E-state index is 0.0839. The summed E-state index contributed by atoms with van der Waals surface area (Å²) < 4.78 is 6.86. The molecule has 2 aliphatic rings. The van der Waals surface area contributed by atoms with Gasteiger partial charge in [0.05, 0.1) is 18.7 Å². The van der Waals surface area contributed by atoms with Gasteiger partial charge in [-0.3, -0.25) is 4.79 Å². The zero-order valence-corrected chi connectivity index (χ0v) is 16.7. The Morgan fingerprint density at radius 2 is 2.04 bits per heavy atom. The van der Waals surface area contributed by atoms with Crippen molar-refractivity contribution in [3.63, 3.8) is 0 Å². The molecule has 2 atom stereocenters. The lowest BCUT2D eigenvalue weighted by Crippen LogP contribution is -2.47. The number of nitriles is 1. The zero-order chi connectivity index (χ0) is 19.2. The van der Waals surface area contributed by atoms with E-state index in [2.05, 4.69) is 38.2 Å². The monoisotopic (exact) mass is 430 g/mol. The summed E-state index contributed by atoms with van der Waals surface area (Å²) >= 11 is 3.36. The lowest BCUT2D eigenvalue weighted by molar-refractivity contribution is -0.131. The molecule has 2 heterocycles. The van der Waals surface area contributed by atoms with Crippen molar-refractivity contribution < 1.29 is 9.53 Å². The van der Waals surface area contributed by atoms with Crippen molar-refractivity contribution in [1.29, 1.82) is 5.26 Å². The summed E-state index contributed by atoms with van der Waals surface area (Å²) in [5, 5.41) is 12.6. The second-order valence-corrected chi connectivity index (χ2v) is 7.91. The number of amides is 1. The van der Waals surface area contributed by atoms with Gasteiger partial charge in [-0.1, -0.05) is 5.92 Å². The fourth-order valence-electron chi connectivity index (χ4n) is 3.76. The molecule has 6 nitrogen and oxygen atoms in total. The smallest absolute Gasteiger partial charge is 0.238 e. The number of terminal acetylenes is 1. The quantitative estimate of drug-likeness (QED) is 0.726. The predicted molar refractivity (Wildman–Crippen MR) is 105 cm³/mol. The van der Waals surface area contributed by atoms with Crippen molar-refractivity contribution in [1.82, 2.24) is 15.2 Å². The standard InChI is InChI=1S/C20H23BrN4O2/c1-2-16-6-7-17(11-22)25(16)20(26)13-23-15-4-8-18(9-5-15)27-19-10-3-14(21)12-24-19/h1,3,10,12,15-18,23H,4-9,13H2/t15-,16-,17-,18-/m0/s1. The number of hydrogen-bond acceptors (Lipinski definition) is 5. The third-order valence-corrected chi connectivity index (χ3v) is 5.69. The highest BCUT2D eigenvalue weighted by atomic mass is 79.9. The summed E-state index contributed by atoms with van der Waals surface area (Å²) in [4.78, 5) is 18.4. The van der Waals surface area contributed by atoms with Gasteiger partial charge in [0.1, 0.15) is 12.1 Å². The highest BCUT2D eigenvalue weighted by Crippen LogP contribution is 2.25. The van der Waals surface area contributed by atoms with Crippen molar-refractivity contribution in [2.45, 2.75) is 62.8 Å². The van der Waals surface area contributed by atoms with Crippen LogP contribution in [0, 0.1) is 23.7 Å². The largest absolute Gasteiger partial charge is 0.474 e. The van der Waals surface area contributed by atoms with Crippen LogP contribution in [0.2, 0.25) is 0 Å². The van der Waals surface area contributed by atoms with Crippen LogP contribution in [0.4, 0.5) is 0 Å². The first-order valence-electron chi connectivity index (χ1n) is 9.29. The van der Waals surface area contributed by atoms with Gasteiger partial charge in [-0.15, -0.1) is 6.42 Å². The highest BCUT2D eigenvalue weighted by molar-refractivity contribution is 9.10. The number of carbonyl (C=O) groups excluding carboxylic acids is 1. The molecule has 1 N–H and O–H groups in total. The molecule has 1 saturated carbocycles. The molecule has 1 aliphatic heterocycles. The van der Waals surface area contributed by atoms with Crippen LogP contribution < -0.4 is 10.1 Å². The topological polar surface area (TPSA) is 78.2 Å². The first-order chi connectivity index (χ1) is 13.1. The van der Waals surface area contributed by atoms with Gasteiger partial charge in [-0.2, -0.15) is 5.26 Å². The number of rotatable bonds is 5. The highest BCUT2D eigenvalue weighted by Gasteiger charge is 2.36. The normalized spacial score (nSPS) is 27.6. The number of likely N-dealkylation sites (tertiary alicyclic amines) is 1. The van der Waals surface area contributed by atoms with Gasteiger partial charge in [0.15, 0.2) is 0 Å². The van der Waals surface area contributed by atoms with E-state index < -0.39 is 6.04 Å². The molecule has 0 radical (unpaired) electrons. The number of aromatic nitrogens is 1. The second-order valence-electron chi connectivity index (χ2n) is 6.99. The zero-order valence-electron chi connectivity index (χ0n) is 15.1. The number of nitrogens with one attached hydrogen (secondary N) is 1. The summed E-state index contributed by atoms with van der Waals surface area (Å²) in [6, 6.07) is 5.58. The van der Waals surface area contributed by atoms with Gasteiger partial charge in [0.2, 0.25) is 11.8 Å². The molecule has 0 spiro atoms. The summed E-state index contributed by atoms with van der Waals surface area (Å²) in [7, 11) is 0. The Morgan fingerprint density at radius 1 is 1.30 bits per heavy atom. The molecule has 2 fully saturated rings. The van der Waals surface area contributed by atoms with Gasteiger partial charge in [-0.05, 0) is 60.5 Å². The molecule has 3 rings (SSSR count). The Labute approximate surface area is 168 Å². The Balaban J connectivity index is 1.43. The number of halogens is 1. The van der Waals surface area contributed by atoms with E-state index in [1.54, 1.807) is 11.1 Å². The Bertz CT molecular complexity index is 710. The molecule has 0 unspecified atom stereocenters. The molecular formula is C20H23BrN4O2. The second kappa shape index (κ2) is 9.21. The molecule has 1 aromatic rings. The molecule has 1 saturated heterocycles. The SMILES string of the molecule is C#C[C@H]1CC[C@@H](C#N)N1C(=O)CN[C@H]1CC[C@H](Oc2ccc(Br)cn2)CC1. The summed E-state index contributed by atoms with van der Waals surface area (Å²) in [5.74, 6) is 3.19. The first kappa shape index (κ1) is 19.7. The van der Waals surface area contributed by atoms with E-state index in [1.165, 1.54) is 0 Å². The maximum atomic E-state index is 12.5. The van der Waals surface area contributed by atoms with Crippen LogP contribution in [0.3, 0.4) is 0 Å². The maximum Gasteiger partial charge on any atom is 0.238 e. The van der Waals surface area contributed by atoms with E-state index >= 15 is 0 Å². The van der Waals surface area contributed by atoms with Gasteiger partial charge >= 0.3 is 0 Å². The first-order valence-corrected chi connectivity index (χ1v) is 10.1. The van der Waals surface area contributed by atoms with Crippen LogP contribution in [0.15, 0.2) is 22.8 Å². The molecule has 1 amide bonds. The molecule has 1 aromatic heterocycles. The van der Waals surface area contributed by atoms with Crippen LogP contribution in [0.5, 0.6) is 5.88 Å². The van der Waals surface area contributed by atoms with E-state index in [0.29, 0.717) is 18.7 Å². The minimum Gasteiger partial charge on any atom is -0.474 e. The fraction of sp³-hybridized carbons (Fsp3) is 0.550. The maximum absolute atomic E-state index is 12.5. The molecule has 7 heteroatoms. The van der Waals surface area contributed by atoms with Gasteiger partial charge in [0.25, 0.3) is 0 Å². The van der Waals surface area contributed by atoms with E-state index in [0.717, 1.165) is 30.2 Å². The van der Waals surface area contributed by atoms with Crippen LogP contribution in [0.25, 0.3) is 0 Å². The van der Waals surface area contributed by atoms with Crippen molar-refractivity contribution >= 4 is 21.8 Å². The Hall–Kier alpha value is -2.09. The molecule has 0 bridgehead atoms. The van der Waals surface area contributed by atoms with Gasteiger partial charge in [-0.25, -0.2) is 4.98 Å². The Kier molecular flexibility index (Phi) is 6.71. The molecule has 142 valence electrons. The third kappa shape index (κ3) is 5.00. The van der Waals surface area contributed by atoms with E-state index in [1.807, 2.05) is 12.1 Å². The number of nitrogens with zero attached hydrogens (tertiary/aromatic N) is 3.